The first kappa shape index (κ1) is 14.4. The van der Waals surface area contributed by atoms with Crippen LogP contribution in [0.4, 0.5) is 4.79 Å². The highest BCUT2D eigenvalue weighted by atomic mass is 16.6. The lowest BCUT2D eigenvalue weighted by Gasteiger charge is -2.12. The standard InChI is InChI=1S/C15H20N2O3/c1-12-4-2-5-13(10-12)11-14(18)16-6-3-7-17-8-9-20-15(17)19/h2,4-5,10H,3,6-9,11H2,1H3,(H,16,18). The molecule has 0 radical (unpaired) electrons. The molecule has 1 aliphatic rings. The SMILES string of the molecule is Cc1cccc(CC(=O)NCCCN2CCOC2=O)c1. The van der Waals surface area contributed by atoms with Crippen molar-refractivity contribution in [2.45, 2.75) is 19.8 Å². The molecular weight excluding hydrogens is 256 g/mol. The Bertz CT molecular complexity index is 488. The molecule has 2 rings (SSSR count). The van der Waals surface area contributed by atoms with Gasteiger partial charge in [0, 0.05) is 13.1 Å². The van der Waals surface area contributed by atoms with E-state index in [1.165, 1.54) is 0 Å². The number of hydrogen-bond acceptors (Lipinski definition) is 3. The molecular formula is C15H20N2O3. The van der Waals surface area contributed by atoms with E-state index in [1.54, 1.807) is 4.90 Å². The second kappa shape index (κ2) is 6.93. The number of cyclic esters (lactones) is 1. The predicted octanol–water partition coefficient (Wildman–Crippen LogP) is 1.50. The molecule has 1 saturated heterocycles. The predicted molar refractivity (Wildman–Crippen MR) is 75.4 cm³/mol. The van der Waals surface area contributed by atoms with Gasteiger partial charge in [-0.05, 0) is 18.9 Å². The molecule has 0 saturated carbocycles. The highest BCUT2D eigenvalue weighted by molar-refractivity contribution is 5.78. The molecule has 5 nitrogen and oxygen atoms in total. The third kappa shape index (κ3) is 4.26. The van der Waals surface area contributed by atoms with Gasteiger partial charge in [0.2, 0.25) is 5.91 Å². The molecule has 20 heavy (non-hydrogen) atoms. The lowest BCUT2D eigenvalue weighted by molar-refractivity contribution is -0.120. The topological polar surface area (TPSA) is 58.6 Å². The fourth-order valence-electron chi connectivity index (χ4n) is 2.20. The van der Waals surface area contributed by atoms with Crippen LogP contribution in [-0.2, 0) is 16.0 Å². The van der Waals surface area contributed by atoms with E-state index in [1.807, 2.05) is 31.2 Å². The van der Waals surface area contributed by atoms with Crippen LogP contribution >= 0.6 is 0 Å². The molecule has 0 aliphatic carbocycles. The zero-order valence-corrected chi connectivity index (χ0v) is 11.7. The van der Waals surface area contributed by atoms with Crippen molar-refractivity contribution in [3.8, 4) is 0 Å². The summed E-state index contributed by atoms with van der Waals surface area (Å²) in [5, 5.41) is 2.87. The molecule has 0 atom stereocenters. The van der Waals surface area contributed by atoms with Gasteiger partial charge in [0.1, 0.15) is 6.61 Å². The van der Waals surface area contributed by atoms with Gasteiger partial charge in [-0.2, -0.15) is 0 Å². The van der Waals surface area contributed by atoms with Gasteiger partial charge in [0.15, 0.2) is 0 Å². The van der Waals surface area contributed by atoms with Crippen molar-refractivity contribution in [3.05, 3.63) is 35.4 Å². The van der Waals surface area contributed by atoms with E-state index in [2.05, 4.69) is 5.32 Å². The minimum atomic E-state index is -0.254. The first-order valence-corrected chi connectivity index (χ1v) is 6.89. The van der Waals surface area contributed by atoms with Gasteiger partial charge >= 0.3 is 6.09 Å². The van der Waals surface area contributed by atoms with Crippen molar-refractivity contribution in [2.75, 3.05) is 26.2 Å². The summed E-state index contributed by atoms with van der Waals surface area (Å²) in [5.74, 6) is 0.0135. The van der Waals surface area contributed by atoms with Crippen LogP contribution in [-0.4, -0.2) is 43.1 Å². The van der Waals surface area contributed by atoms with Crippen LogP contribution < -0.4 is 5.32 Å². The van der Waals surface area contributed by atoms with E-state index in [0.29, 0.717) is 32.7 Å². The summed E-state index contributed by atoms with van der Waals surface area (Å²) in [6.45, 7) is 4.34. The Balaban J connectivity index is 1.64. The second-order valence-electron chi connectivity index (χ2n) is 4.97. The number of benzene rings is 1. The maximum Gasteiger partial charge on any atom is 0.409 e. The van der Waals surface area contributed by atoms with Crippen molar-refractivity contribution in [2.24, 2.45) is 0 Å². The first-order chi connectivity index (χ1) is 9.65. The van der Waals surface area contributed by atoms with Crippen molar-refractivity contribution < 1.29 is 14.3 Å². The Hall–Kier alpha value is -2.04. The summed E-state index contributed by atoms with van der Waals surface area (Å²) in [6, 6.07) is 7.93. The highest BCUT2D eigenvalue weighted by Gasteiger charge is 2.20. The van der Waals surface area contributed by atoms with E-state index in [0.717, 1.165) is 17.5 Å². The van der Waals surface area contributed by atoms with Crippen molar-refractivity contribution >= 4 is 12.0 Å². The van der Waals surface area contributed by atoms with E-state index in [-0.39, 0.29) is 12.0 Å². The van der Waals surface area contributed by atoms with Gasteiger partial charge in [0.05, 0.1) is 13.0 Å². The number of carbonyl (C=O) groups excluding carboxylic acids is 2. The Labute approximate surface area is 118 Å². The molecule has 2 amide bonds. The molecule has 0 bridgehead atoms. The molecule has 0 spiro atoms. The number of amides is 2. The van der Waals surface area contributed by atoms with Crippen LogP contribution in [0.5, 0.6) is 0 Å². The lowest BCUT2D eigenvalue weighted by atomic mass is 10.1. The molecule has 108 valence electrons. The van der Waals surface area contributed by atoms with Crippen LogP contribution in [0.25, 0.3) is 0 Å². The Morgan fingerprint density at radius 2 is 2.30 bits per heavy atom. The van der Waals surface area contributed by atoms with Crippen LogP contribution in [0.1, 0.15) is 17.5 Å². The summed E-state index contributed by atoms with van der Waals surface area (Å²) in [5.41, 5.74) is 2.17. The Morgan fingerprint density at radius 1 is 1.45 bits per heavy atom. The molecule has 1 N–H and O–H groups in total. The van der Waals surface area contributed by atoms with Gasteiger partial charge in [0.25, 0.3) is 0 Å². The Kier molecular flexibility index (Phi) is 4.98. The number of hydrogen-bond donors (Lipinski definition) is 1. The van der Waals surface area contributed by atoms with Crippen molar-refractivity contribution in [3.63, 3.8) is 0 Å². The third-order valence-corrected chi connectivity index (χ3v) is 3.22. The lowest BCUT2D eigenvalue weighted by Crippen LogP contribution is -2.31. The summed E-state index contributed by atoms with van der Waals surface area (Å²) >= 11 is 0. The molecule has 0 aromatic heterocycles. The zero-order chi connectivity index (χ0) is 14.4. The summed E-state index contributed by atoms with van der Waals surface area (Å²) in [4.78, 5) is 24.6. The molecule has 5 heteroatoms. The largest absolute Gasteiger partial charge is 0.448 e. The van der Waals surface area contributed by atoms with Crippen LogP contribution in [0.2, 0.25) is 0 Å². The number of ether oxygens (including phenoxy) is 1. The van der Waals surface area contributed by atoms with Crippen LogP contribution in [0.15, 0.2) is 24.3 Å². The number of nitrogens with one attached hydrogen (secondary N) is 1. The maximum absolute atomic E-state index is 11.8. The molecule has 1 aliphatic heterocycles. The van der Waals surface area contributed by atoms with Crippen molar-refractivity contribution in [1.82, 2.24) is 10.2 Å². The molecule has 1 aromatic carbocycles. The normalized spacial score (nSPS) is 14.2. The van der Waals surface area contributed by atoms with E-state index < -0.39 is 0 Å². The second-order valence-corrected chi connectivity index (χ2v) is 4.97. The summed E-state index contributed by atoms with van der Waals surface area (Å²) in [7, 11) is 0. The van der Waals surface area contributed by atoms with Gasteiger partial charge in [-0.25, -0.2) is 4.79 Å². The number of aryl methyl sites for hydroxylation is 1. The van der Waals surface area contributed by atoms with Gasteiger partial charge in [-0.1, -0.05) is 29.8 Å². The Morgan fingerprint density at radius 3 is 3.00 bits per heavy atom. The molecule has 1 fully saturated rings. The fourth-order valence-corrected chi connectivity index (χ4v) is 2.20. The summed E-state index contributed by atoms with van der Waals surface area (Å²) in [6.07, 6.45) is 0.887. The van der Waals surface area contributed by atoms with Gasteiger partial charge in [-0.3, -0.25) is 4.79 Å². The quantitative estimate of drug-likeness (QED) is 0.801. The van der Waals surface area contributed by atoms with E-state index in [9.17, 15) is 9.59 Å². The average Bonchev–Trinajstić information content (AvgIpc) is 2.80. The van der Waals surface area contributed by atoms with Crippen LogP contribution in [0.3, 0.4) is 0 Å². The number of nitrogens with zero attached hydrogens (tertiary/aromatic N) is 1. The fraction of sp³-hybridized carbons (Fsp3) is 0.467. The molecule has 1 aromatic rings. The minimum Gasteiger partial charge on any atom is -0.448 e. The maximum atomic E-state index is 11.8. The molecule has 0 unspecified atom stereocenters. The minimum absolute atomic E-state index is 0.0135. The third-order valence-electron chi connectivity index (χ3n) is 3.22. The van der Waals surface area contributed by atoms with Crippen LogP contribution in [0, 0.1) is 6.92 Å². The van der Waals surface area contributed by atoms with E-state index >= 15 is 0 Å². The smallest absolute Gasteiger partial charge is 0.409 e. The van der Waals surface area contributed by atoms with E-state index in [4.69, 9.17) is 4.74 Å². The molecule has 1 heterocycles. The number of rotatable bonds is 6. The number of carbonyl (C=O) groups is 2. The van der Waals surface area contributed by atoms with Gasteiger partial charge < -0.3 is 15.0 Å². The van der Waals surface area contributed by atoms with Gasteiger partial charge in [-0.15, -0.1) is 0 Å². The zero-order valence-electron chi connectivity index (χ0n) is 11.7. The first-order valence-electron chi connectivity index (χ1n) is 6.89. The highest BCUT2D eigenvalue weighted by Crippen LogP contribution is 2.05. The summed E-state index contributed by atoms with van der Waals surface area (Å²) < 4.78 is 4.83. The van der Waals surface area contributed by atoms with Crippen molar-refractivity contribution in [1.29, 1.82) is 0 Å². The monoisotopic (exact) mass is 276 g/mol. The average molecular weight is 276 g/mol.